The quantitative estimate of drug-likeness (QED) is 0.255. The van der Waals surface area contributed by atoms with E-state index in [4.69, 9.17) is 0 Å². The van der Waals surface area contributed by atoms with Crippen LogP contribution in [0, 0.1) is 0 Å². The molecule has 0 N–H and O–H groups in total. The fourth-order valence-corrected chi connectivity index (χ4v) is 0.111. The van der Waals surface area contributed by atoms with Gasteiger partial charge < -0.3 is 0 Å². The summed E-state index contributed by atoms with van der Waals surface area (Å²) in [5, 5.41) is 0. The molecule has 0 aliphatic carbocycles. The van der Waals surface area contributed by atoms with E-state index in [1.165, 1.54) is 0 Å². The van der Waals surface area contributed by atoms with Crippen LogP contribution in [0.5, 0.6) is 0 Å². The first-order chi connectivity index (χ1) is 2.43. The third kappa shape index (κ3) is 0.464. The molecule has 1 rings (SSSR count). The van der Waals surface area contributed by atoms with Gasteiger partial charge in [0, 0.05) is 0 Å². The van der Waals surface area contributed by atoms with E-state index < -0.39 is 0 Å². The maximum Gasteiger partial charge on any atom is 0.242 e. The van der Waals surface area contributed by atoms with E-state index in [1.54, 1.807) is 6.08 Å². The van der Waals surface area contributed by atoms with Crippen LogP contribution >= 0.6 is 0 Å². The molecule has 1 aliphatic rings. The van der Waals surface area contributed by atoms with Gasteiger partial charge in [0.25, 0.3) is 0 Å². The van der Waals surface area contributed by atoms with Crippen molar-refractivity contribution >= 4 is 0 Å². The van der Waals surface area contributed by atoms with Crippen LogP contribution in [-0.4, -0.2) is 6.29 Å². The summed E-state index contributed by atoms with van der Waals surface area (Å²) < 4.78 is 0. The zero-order valence-electron chi connectivity index (χ0n) is 2.68. The maximum absolute atomic E-state index is 4.24. The van der Waals surface area contributed by atoms with Crippen molar-refractivity contribution in [3.05, 3.63) is 12.7 Å². The molecule has 2 heteroatoms. The Balaban J connectivity index is 2.21. The van der Waals surface area contributed by atoms with Crippen LogP contribution in [0.25, 0.3) is 0 Å². The lowest BCUT2D eigenvalue weighted by Gasteiger charge is -1.51. The second-order valence-electron chi connectivity index (χ2n) is 0.797. The van der Waals surface area contributed by atoms with Crippen molar-refractivity contribution in [1.82, 2.24) is 0 Å². The van der Waals surface area contributed by atoms with Crippen LogP contribution in [0.15, 0.2) is 12.7 Å². The fraction of sp³-hybridized carbons (Fsp3) is 0.333. The van der Waals surface area contributed by atoms with Crippen molar-refractivity contribution in [3.8, 4) is 0 Å². The second kappa shape index (κ2) is 0.808. The molecule has 0 aromatic heterocycles. The van der Waals surface area contributed by atoms with Gasteiger partial charge in [0.2, 0.25) is 6.29 Å². The first-order valence-corrected chi connectivity index (χ1v) is 1.38. The highest BCUT2D eigenvalue weighted by Crippen LogP contribution is 2.10. The van der Waals surface area contributed by atoms with Gasteiger partial charge in [0.1, 0.15) is 0 Å². The molecule has 1 heterocycles. The van der Waals surface area contributed by atoms with Gasteiger partial charge in [-0.3, -0.25) is 0 Å². The van der Waals surface area contributed by atoms with E-state index in [9.17, 15) is 0 Å². The Hall–Kier alpha value is -0.340. The van der Waals surface area contributed by atoms with E-state index in [2.05, 4.69) is 16.4 Å². The molecule has 0 amide bonds. The summed E-state index contributed by atoms with van der Waals surface area (Å²) in [5.74, 6) is 0. The van der Waals surface area contributed by atoms with Gasteiger partial charge in [0.15, 0.2) is 0 Å². The molecule has 0 atom stereocenters. The van der Waals surface area contributed by atoms with Crippen molar-refractivity contribution in [2.45, 2.75) is 6.29 Å². The summed E-state index contributed by atoms with van der Waals surface area (Å²) in [6, 6.07) is 0. The number of hydrogen-bond acceptors (Lipinski definition) is 2. The zero-order valence-corrected chi connectivity index (χ0v) is 2.68. The topological polar surface area (TPSA) is 25.1 Å². The van der Waals surface area contributed by atoms with Crippen LogP contribution < -0.4 is 0 Å². The van der Waals surface area contributed by atoms with E-state index in [0.717, 1.165) is 0 Å². The van der Waals surface area contributed by atoms with Gasteiger partial charge in [-0.25, -0.2) is 0 Å². The summed E-state index contributed by atoms with van der Waals surface area (Å²) >= 11 is 0. The lowest BCUT2D eigenvalue weighted by molar-refractivity contribution is 0.0850. The molecule has 1 aliphatic heterocycles. The highest BCUT2D eigenvalue weighted by atomic mass is 17.4. The molecule has 0 bridgehead atoms. The predicted molar refractivity (Wildman–Crippen MR) is 16.2 cm³/mol. The molecule has 0 saturated carbocycles. The number of rotatable bonds is 1. The van der Waals surface area contributed by atoms with Crippen molar-refractivity contribution in [2.24, 2.45) is 0 Å². The Labute approximate surface area is 29.9 Å². The van der Waals surface area contributed by atoms with Crippen LogP contribution in [0.2, 0.25) is 0 Å². The minimum Gasteiger partial charge on any atom is -0.194 e. The van der Waals surface area contributed by atoms with Crippen molar-refractivity contribution in [1.29, 1.82) is 0 Å². The largest absolute Gasteiger partial charge is 0.242 e. The van der Waals surface area contributed by atoms with Gasteiger partial charge in [-0.05, 0) is 6.08 Å². The van der Waals surface area contributed by atoms with Crippen molar-refractivity contribution < 1.29 is 9.78 Å². The lowest BCUT2D eigenvalue weighted by atomic mass is 10.7. The summed E-state index contributed by atoms with van der Waals surface area (Å²) in [5.41, 5.74) is 0. The molecule has 0 aromatic rings. The third-order valence-electron chi connectivity index (χ3n) is 0.400. The highest BCUT2D eigenvalue weighted by Gasteiger charge is 2.19. The first kappa shape index (κ1) is 2.87. The Morgan fingerprint density at radius 3 is 2.20 bits per heavy atom. The van der Waals surface area contributed by atoms with Crippen LogP contribution in [0.3, 0.4) is 0 Å². The average molecular weight is 72.1 g/mol. The normalized spacial score (nSPS) is 22.4. The second-order valence-corrected chi connectivity index (χ2v) is 0.797. The molecule has 0 radical (unpaired) electrons. The minimum atomic E-state index is -0.102. The van der Waals surface area contributed by atoms with Crippen LogP contribution in [-0.2, 0) is 9.78 Å². The number of hydrogen-bond donors (Lipinski definition) is 0. The van der Waals surface area contributed by atoms with Crippen LogP contribution in [0.1, 0.15) is 0 Å². The smallest absolute Gasteiger partial charge is 0.194 e. The van der Waals surface area contributed by atoms with Gasteiger partial charge >= 0.3 is 0 Å². The zero-order chi connectivity index (χ0) is 3.70. The third-order valence-corrected chi connectivity index (χ3v) is 0.400. The van der Waals surface area contributed by atoms with Gasteiger partial charge in [-0.1, -0.05) is 6.58 Å². The van der Waals surface area contributed by atoms with E-state index in [-0.39, 0.29) is 6.29 Å². The van der Waals surface area contributed by atoms with Crippen molar-refractivity contribution in [2.75, 3.05) is 0 Å². The Morgan fingerprint density at radius 1 is 1.60 bits per heavy atom. The summed E-state index contributed by atoms with van der Waals surface area (Å²) in [7, 11) is 0. The average Bonchev–Trinajstić information content (AvgIpc) is 2.12. The highest BCUT2D eigenvalue weighted by molar-refractivity contribution is 4.73. The molecule has 0 unspecified atom stereocenters. The predicted octanol–water partition coefficient (Wildman–Crippen LogP) is 0.460. The van der Waals surface area contributed by atoms with Crippen LogP contribution in [0.4, 0.5) is 0 Å². The minimum absolute atomic E-state index is 0.102. The fourth-order valence-electron chi connectivity index (χ4n) is 0.111. The molecule has 1 fully saturated rings. The van der Waals surface area contributed by atoms with Gasteiger partial charge in [0.05, 0.1) is 0 Å². The molecule has 2 nitrogen and oxygen atoms in total. The van der Waals surface area contributed by atoms with Crippen molar-refractivity contribution in [3.63, 3.8) is 0 Å². The molecule has 0 aromatic carbocycles. The standard InChI is InChI=1S/C3H4O2/c1-2-3-4-5-3/h2-3H,1H2. The molecule has 1 saturated heterocycles. The van der Waals surface area contributed by atoms with E-state index >= 15 is 0 Å². The molecular formula is C3H4O2. The Bertz CT molecular complexity index is 46.9. The van der Waals surface area contributed by atoms with E-state index in [0.29, 0.717) is 0 Å². The molecule has 0 spiro atoms. The van der Waals surface area contributed by atoms with Gasteiger partial charge in [-0.15, -0.1) is 0 Å². The SMILES string of the molecule is C=CC1OO1. The van der Waals surface area contributed by atoms with E-state index in [1.807, 2.05) is 0 Å². The summed E-state index contributed by atoms with van der Waals surface area (Å²) in [6.07, 6.45) is 1.48. The monoisotopic (exact) mass is 72.0 g/mol. The molecule has 28 valence electrons. The summed E-state index contributed by atoms with van der Waals surface area (Å²) in [4.78, 5) is 8.48. The Morgan fingerprint density at radius 2 is 2.20 bits per heavy atom. The molecular weight excluding hydrogens is 68.0 g/mol. The maximum atomic E-state index is 4.24. The Kier molecular flexibility index (Phi) is 0.465. The van der Waals surface area contributed by atoms with Gasteiger partial charge in [-0.2, -0.15) is 9.78 Å². The lowest BCUT2D eigenvalue weighted by Crippen LogP contribution is -1.64. The summed E-state index contributed by atoms with van der Waals surface area (Å²) in [6.45, 7) is 3.37. The molecule has 5 heavy (non-hydrogen) atoms. The first-order valence-electron chi connectivity index (χ1n) is 1.38.